The quantitative estimate of drug-likeness (QED) is 0.778. The molecule has 1 aliphatic rings. The first-order valence-electron chi connectivity index (χ1n) is 6.82. The summed E-state index contributed by atoms with van der Waals surface area (Å²) in [6.07, 6.45) is 4.44. The van der Waals surface area contributed by atoms with Gasteiger partial charge in [-0.05, 0) is 11.1 Å². The maximum atomic E-state index is 5.81. The lowest BCUT2D eigenvalue weighted by Gasteiger charge is -2.41. The standard InChI is InChI=1S/C18H18OS/c1-19-17-13-8-14-20-18(17,15-9-4-2-5-10-15)16-11-6-3-7-12-16/h2-13,17H,14H2,1H3. The number of hydrogen-bond donors (Lipinski definition) is 0. The first-order chi connectivity index (χ1) is 9.88. The van der Waals surface area contributed by atoms with Crippen LogP contribution in [0.1, 0.15) is 11.1 Å². The summed E-state index contributed by atoms with van der Waals surface area (Å²) in [5, 5.41) is 0. The SMILES string of the molecule is COC1C=CCSC1(c1ccccc1)c1ccccc1. The Balaban J connectivity index is 2.20. The van der Waals surface area contributed by atoms with Crippen LogP contribution in [0.15, 0.2) is 72.8 Å². The van der Waals surface area contributed by atoms with E-state index in [-0.39, 0.29) is 10.9 Å². The first kappa shape index (κ1) is 13.5. The predicted octanol–water partition coefficient (Wildman–Crippen LogP) is 4.25. The summed E-state index contributed by atoms with van der Waals surface area (Å²) in [5.41, 5.74) is 2.60. The van der Waals surface area contributed by atoms with E-state index in [1.165, 1.54) is 11.1 Å². The Morgan fingerprint density at radius 3 is 2.00 bits per heavy atom. The van der Waals surface area contributed by atoms with Gasteiger partial charge in [0.05, 0.1) is 10.9 Å². The number of ether oxygens (including phenoxy) is 1. The minimum absolute atomic E-state index is 0.0473. The van der Waals surface area contributed by atoms with Gasteiger partial charge >= 0.3 is 0 Å². The van der Waals surface area contributed by atoms with Gasteiger partial charge in [0, 0.05) is 12.9 Å². The molecule has 0 radical (unpaired) electrons. The Morgan fingerprint density at radius 1 is 0.950 bits per heavy atom. The van der Waals surface area contributed by atoms with Gasteiger partial charge in [0.2, 0.25) is 0 Å². The van der Waals surface area contributed by atoms with E-state index in [0.29, 0.717) is 0 Å². The summed E-state index contributed by atoms with van der Waals surface area (Å²) in [6.45, 7) is 0. The lowest BCUT2D eigenvalue weighted by atomic mass is 9.85. The van der Waals surface area contributed by atoms with Crippen LogP contribution in [0.4, 0.5) is 0 Å². The molecule has 0 saturated carbocycles. The maximum absolute atomic E-state index is 5.81. The van der Waals surface area contributed by atoms with Gasteiger partial charge in [0.25, 0.3) is 0 Å². The fourth-order valence-electron chi connectivity index (χ4n) is 2.85. The van der Waals surface area contributed by atoms with Crippen molar-refractivity contribution in [1.82, 2.24) is 0 Å². The topological polar surface area (TPSA) is 9.23 Å². The molecule has 102 valence electrons. The minimum Gasteiger partial charge on any atom is -0.375 e. The van der Waals surface area contributed by atoms with E-state index >= 15 is 0 Å². The third-order valence-corrected chi connectivity index (χ3v) is 5.30. The molecule has 1 atom stereocenters. The van der Waals surface area contributed by atoms with Gasteiger partial charge in [0.1, 0.15) is 0 Å². The molecule has 0 bridgehead atoms. The van der Waals surface area contributed by atoms with Crippen LogP contribution in [0.5, 0.6) is 0 Å². The highest BCUT2D eigenvalue weighted by atomic mass is 32.2. The average Bonchev–Trinajstić information content (AvgIpc) is 2.56. The average molecular weight is 282 g/mol. The van der Waals surface area contributed by atoms with Crippen LogP contribution in [0.25, 0.3) is 0 Å². The molecule has 0 amide bonds. The second-order valence-corrected chi connectivity index (χ2v) is 6.13. The molecule has 1 unspecified atom stereocenters. The van der Waals surface area contributed by atoms with Crippen molar-refractivity contribution in [2.24, 2.45) is 0 Å². The van der Waals surface area contributed by atoms with E-state index in [2.05, 4.69) is 72.8 Å². The maximum Gasteiger partial charge on any atom is 0.0981 e. The zero-order valence-electron chi connectivity index (χ0n) is 11.5. The smallest absolute Gasteiger partial charge is 0.0981 e. The van der Waals surface area contributed by atoms with Gasteiger partial charge in [0.15, 0.2) is 0 Å². The summed E-state index contributed by atoms with van der Waals surface area (Å²) in [5.74, 6) is 1.00. The van der Waals surface area contributed by atoms with Crippen LogP contribution in [0, 0.1) is 0 Å². The fraction of sp³-hybridized carbons (Fsp3) is 0.222. The van der Waals surface area contributed by atoms with Crippen LogP contribution >= 0.6 is 11.8 Å². The van der Waals surface area contributed by atoms with E-state index in [0.717, 1.165) is 5.75 Å². The van der Waals surface area contributed by atoms with Crippen molar-refractivity contribution in [2.75, 3.05) is 12.9 Å². The number of benzene rings is 2. The Labute approximate surface area is 124 Å². The zero-order chi connectivity index (χ0) is 13.8. The highest BCUT2D eigenvalue weighted by Crippen LogP contribution is 2.49. The molecule has 2 aromatic carbocycles. The van der Waals surface area contributed by atoms with Gasteiger partial charge in [-0.3, -0.25) is 0 Å². The van der Waals surface area contributed by atoms with Crippen LogP contribution in [-0.2, 0) is 9.48 Å². The summed E-state index contributed by atoms with van der Waals surface area (Å²) in [6, 6.07) is 21.3. The van der Waals surface area contributed by atoms with Crippen molar-refractivity contribution in [3.8, 4) is 0 Å². The highest BCUT2D eigenvalue weighted by Gasteiger charge is 2.43. The minimum atomic E-state index is -0.161. The van der Waals surface area contributed by atoms with Crippen molar-refractivity contribution in [3.63, 3.8) is 0 Å². The fourth-order valence-corrected chi connectivity index (χ4v) is 4.27. The normalized spacial score (nSPS) is 20.8. The Hall–Kier alpha value is -1.51. The van der Waals surface area contributed by atoms with E-state index in [4.69, 9.17) is 4.74 Å². The van der Waals surface area contributed by atoms with Crippen LogP contribution in [0.3, 0.4) is 0 Å². The summed E-state index contributed by atoms with van der Waals surface area (Å²) >= 11 is 1.94. The summed E-state index contributed by atoms with van der Waals surface area (Å²) in [7, 11) is 1.79. The third kappa shape index (κ3) is 2.19. The monoisotopic (exact) mass is 282 g/mol. The zero-order valence-corrected chi connectivity index (χ0v) is 12.3. The molecule has 0 aromatic heterocycles. The molecular weight excluding hydrogens is 264 g/mol. The Kier molecular flexibility index (Phi) is 3.95. The molecule has 0 aliphatic carbocycles. The van der Waals surface area contributed by atoms with E-state index in [1.54, 1.807) is 7.11 Å². The van der Waals surface area contributed by atoms with E-state index < -0.39 is 0 Å². The Morgan fingerprint density at radius 2 is 1.50 bits per heavy atom. The molecule has 1 aliphatic heterocycles. The van der Waals surface area contributed by atoms with E-state index in [1.807, 2.05) is 11.8 Å². The van der Waals surface area contributed by atoms with Crippen molar-refractivity contribution in [2.45, 2.75) is 10.9 Å². The van der Waals surface area contributed by atoms with Gasteiger partial charge in [-0.1, -0.05) is 72.8 Å². The number of thioether (sulfide) groups is 1. The molecule has 20 heavy (non-hydrogen) atoms. The lowest BCUT2D eigenvalue weighted by Crippen LogP contribution is -2.40. The Bertz CT molecular complexity index is 537. The molecule has 3 rings (SSSR count). The molecule has 2 aromatic rings. The first-order valence-corrected chi connectivity index (χ1v) is 7.81. The lowest BCUT2D eigenvalue weighted by molar-refractivity contribution is 0.116. The number of methoxy groups -OCH3 is 1. The van der Waals surface area contributed by atoms with Crippen molar-refractivity contribution >= 4 is 11.8 Å². The summed E-state index contributed by atoms with van der Waals surface area (Å²) in [4.78, 5) is 0. The number of rotatable bonds is 3. The van der Waals surface area contributed by atoms with Crippen LogP contribution < -0.4 is 0 Å². The molecule has 2 heteroatoms. The predicted molar refractivity (Wildman–Crippen MR) is 86.1 cm³/mol. The second-order valence-electron chi connectivity index (χ2n) is 4.86. The molecule has 0 fully saturated rings. The number of hydrogen-bond acceptors (Lipinski definition) is 2. The van der Waals surface area contributed by atoms with Gasteiger partial charge in [-0.15, -0.1) is 11.8 Å². The molecular formula is C18H18OS. The third-order valence-electron chi connectivity index (χ3n) is 3.78. The van der Waals surface area contributed by atoms with Crippen molar-refractivity contribution in [3.05, 3.63) is 83.9 Å². The van der Waals surface area contributed by atoms with Gasteiger partial charge in [-0.25, -0.2) is 0 Å². The largest absolute Gasteiger partial charge is 0.375 e. The van der Waals surface area contributed by atoms with Crippen LogP contribution in [0.2, 0.25) is 0 Å². The van der Waals surface area contributed by atoms with Crippen LogP contribution in [-0.4, -0.2) is 19.0 Å². The van der Waals surface area contributed by atoms with E-state index in [9.17, 15) is 0 Å². The molecule has 1 nitrogen and oxygen atoms in total. The summed E-state index contributed by atoms with van der Waals surface area (Å²) < 4.78 is 5.65. The second kappa shape index (κ2) is 5.86. The van der Waals surface area contributed by atoms with Gasteiger partial charge in [-0.2, -0.15) is 0 Å². The van der Waals surface area contributed by atoms with Crippen molar-refractivity contribution in [1.29, 1.82) is 0 Å². The molecule has 0 saturated heterocycles. The molecule has 1 heterocycles. The van der Waals surface area contributed by atoms with Gasteiger partial charge < -0.3 is 4.74 Å². The van der Waals surface area contributed by atoms with Crippen molar-refractivity contribution < 1.29 is 4.74 Å². The highest BCUT2D eigenvalue weighted by molar-refractivity contribution is 8.00. The molecule has 0 spiro atoms. The molecule has 0 N–H and O–H groups in total.